The number of benzene rings is 1. The van der Waals surface area contributed by atoms with Gasteiger partial charge in [-0.2, -0.15) is 0 Å². The van der Waals surface area contributed by atoms with Gasteiger partial charge < -0.3 is 9.84 Å². The summed E-state index contributed by atoms with van der Waals surface area (Å²) >= 11 is 5.90. The number of carboxylic acids is 1. The molecule has 0 spiro atoms. The molecule has 5 heteroatoms. The molecule has 0 unspecified atom stereocenters. The van der Waals surface area contributed by atoms with Crippen molar-refractivity contribution in [3.05, 3.63) is 34.9 Å². The molecule has 4 nitrogen and oxygen atoms in total. The van der Waals surface area contributed by atoms with Crippen molar-refractivity contribution in [3.8, 4) is 0 Å². The standard InChI is InChI=1S/C13H16ClNO3/c14-11-3-1-2-10(8-11)9-15-13(12(16)17)4-6-18-7-5-13/h1-3,8,15H,4-7,9H2,(H,16,17). The maximum atomic E-state index is 11.4. The van der Waals surface area contributed by atoms with Gasteiger partial charge in [-0.05, 0) is 30.5 Å². The third-order valence-electron chi connectivity index (χ3n) is 3.28. The summed E-state index contributed by atoms with van der Waals surface area (Å²) in [4.78, 5) is 11.4. The molecule has 1 aliphatic rings. The van der Waals surface area contributed by atoms with E-state index in [1.165, 1.54) is 0 Å². The van der Waals surface area contributed by atoms with Crippen LogP contribution in [0.25, 0.3) is 0 Å². The highest BCUT2D eigenvalue weighted by atomic mass is 35.5. The van der Waals surface area contributed by atoms with E-state index in [0.717, 1.165) is 5.56 Å². The highest BCUT2D eigenvalue weighted by Gasteiger charge is 2.39. The van der Waals surface area contributed by atoms with Gasteiger partial charge in [-0.1, -0.05) is 23.7 Å². The second kappa shape index (κ2) is 5.69. The molecule has 2 rings (SSSR count). The minimum atomic E-state index is -0.874. The molecule has 1 saturated heterocycles. The van der Waals surface area contributed by atoms with Crippen LogP contribution < -0.4 is 5.32 Å². The largest absolute Gasteiger partial charge is 0.480 e. The molecule has 18 heavy (non-hydrogen) atoms. The summed E-state index contributed by atoms with van der Waals surface area (Å²) in [5.74, 6) is -0.812. The van der Waals surface area contributed by atoms with Crippen molar-refractivity contribution in [1.82, 2.24) is 5.32 Å². The van der Waals surface area contributed by atoms with E-state index in [2.05, 4.69) is 5.32 Å². The molecule has 0 saturated carbocycles. The molecule has 1 aliphatic heterocycles. The molecule has 0 radical (unpaired) electrons. The van der Waals surface area contributed by atoms with Crippen molar-refractivity contribution in [2.24, 2.45) is 0 Å². The minimum absolute atomic E-state index is 0.481. The highest BCUT2D eigenvalue weighted by Crippen LogP contribution is 2.22. The highest BCUT2D eigenvalue weighted by molar-refractivity contribution is 6.30. The van der Waals surface area contributed by atoms with E-state index in [1.807, 2.05) is 18.2 Å². The van der Waals surface area contributed by atoms with Crippen LogP contribution in [0.15, 0.2) is 24.3 Å². The van der Waals surface area contributed by atoms with E-state index < -0.39 is 11.5 Å². The fourth-order valence-corrected chi connectivity index (χ4v) is 2.32. The number of halogens is 1. The van der Waals surface area contributed by atoms with Crippen molar-refractivity contribution in [2.45, 2.75) is 24.9 Å². The molecule has 1 aromatic rings. The summed E-state index contributed by atoms with van der Waals surface area (Å²) in [6.45, 7) is 1.45. The molecule has 2 N–H and O–H groups in total. The average Bonchev–Trinajstić information content (AvgIpc) is 2.37. The van der Waals surface area contributed by atoms with Crippen LogP contribution in [0.2, 0.25) is 5.02 Å². The van der Waals surface area contributed by atoms with Crippen LogP contribution in [0.5, 0.6) is 0 Å². The summed E-state index contributed by atoms with van der Waals surface area (Å²) in [5, 5.41) is 13.2. The van der Waals surface area contributed by atoms with Gasteiger partial charge in [0, 0.05) is 24.8 Å². The third kappa shape index (κ3) is 3.02. The van der Waals surface area contributed by atoms with Crippen LogP contribution in [0.3, 0.4) is 0 Å². The number of carboxylic acid groups (broad SMARTS) is 1. The summed E-state index contributed by atoms with van der Waals surface area (Å²) in [7, 11) is 0. The molecular formula is C13H16ClNO3. The predicted octanol–water partition coefficient (Wildman–Crippen LogP) is 2.06. The average molecular weight is 270 g/mol. The quantitative estimate of drug-likeness (QED) is 0.879. The van der Waals surface area contributed by atoms with Gasteiger partial charge in [0.2, 0.25) is 0 Å². The van der Waals surface area contributed by atoms with Gasteiger partial charge in [0.1, 0.15) is 5.54 Å². The molecule has 1 heterocycles. The minimum Gasteiger partial charge on any atom is -0.480 e. The normalized spacial score (nSPS) is 18.5. The van der Waals surface area contributed by atoms with Crippen LogP contribution in [0, 0.1) is 0 Å². The Balaban J connectivity index is 2.04. The number of rotatable bonds is 4. The van der Waals surface area contributed by atoms with E-state index in [9.17, 15) is 9.90 Å². The molecule has 0 aromatic heterocycles. The maximum Gasteiger partial charge on any atom is 0.324 e. The van der Waals surface area contributed by atoms with Crippen LogP contribution in [-0.2, 0) is 16.1 Å². The molecule has 0 aliphatic carbocycles. The van der Waals surface area contributed by atoms with Gasteiger partial charge in [-0.3, -0.25) is 10.1 Å². The Bertz CT molecular complexity index is 430. The second-order valence-corrected chi connectivity index (χ2v) is 4.92. The monoisotopic (exact) mass is 269 g/mol. The van der Waals surface area contributed by atoms with Gasteiger partial charge in [0.15, 0.2) is 0 Å². The zero-order valence-electron chi connectivity index (χ0n) is 9.99. The van der Waals surface area contributed by atoms with Gasteiger partial charge in [0.05, 0.1) is 0 Å². The van der Waals surface area contributed by atoms with E-state index in [1.54, 1.807) is 6.07 Å². The number of carbonyl (C=O) groups is 1. The summed E-state index contributed by atoms with van der Waals surface area (Å²) < 4.78 is 5.22. The zero-order chi connectivity index (χ0) is 13.0. The first-order valence-corrected chi connectivity index (χ1v) is 6.31. The fraction of sp³-hybridized carbons (Fsp3) is 0.462. The Morgan fingerprint density at radius 2 is 2.17 bits per heavy atom. The first kappa shape index (κ1) is 13.3. The third-order valence-corrected chi connectivity index (χ3v) is 3.51. The van der Waals surface area contributed by atoms with E-state index in [0.29, 0.717) is 37.6 Å². The zero-order valence-corrected chi connectivity index (χ0v) is 10.7. The summed E-state index contributed by atoms with van der Waals surface area (Å²) in [5.41, 5.74) is 0.107. The lowest BCUT2D eigenvalue weighted by Crippen LogP contribution is -2.55. The first-order chi connectivity index (χ1) is 8.62. The molecule has 98 valence electrons. The second-order valence-electron chi connectivity index (χ2n) is 4.48. The van der Waals surface area contributed by atoms with Crippen molar-refractivity contribution in [1.29, 1.82) is 0 Å². The van der Waals surface area contributed by atoms with Crippen molar-refractivity contribution >= 4 is 17.6 Å². The van der Waals surface area contributed by atoms with Gasteiger partial charge in [-0.25, -0.2) is 0 Å². The lowest BCUT2D eigenvalue weighted by molar-refractivity contribution is -0.149. The molecule has 0 bridgehead atoms. The van der Waals surface area contributed by atoms with Crippen molar-refractivity contribution < 1.29 is 14.6 Å². The number of nitrogens with one attached hydrogen (secondary N) is 1. The lowest BCUT2D eigenvalue weighted by Gasteiger charge is -2.34. The number of hydrogen-bond acceptors (Lipinski definition) is 3. The molecule has 1 fully saturated rings. The van der Waals surface area contributed by atoms with E-state index in [4.69, 9.17) is 16.3 Å². The Labute approximate surface area is 111 Å². The van der Waals surface area contributed by atoms with Crippen LogP contribution in [0.1, 0.15) is 18.4 Å². The van der Waals surface area contributed by atoms with Crippen molar-refractivity contribution in [3.63, 3.8) is 0 Å². The fourth-order valence-electron chi connectivity index (χ4n) is 2.10. The molecule has 0 atom stereocenters. The Hall–Kier alpha value is -1.10. The Kier molecular flexibility index (Phi) is 4.22. The lowest BCUT2D eigenvalue weighted by atomic mass is 9.90. The molecule has 1 aromatic carbocycles. The predicted molar refractivity (Wildman–Crippen MR) is 68.7 cm³/mol. The molecule has 0 amide bonds. The number of ether oxygens (including phenoxy) is 1. The molecular weight excluding hydrogens is 254 g/mol. The van der Waals surface area contributed by atoms with Gasteiger partial charge in [-0.15, -0.1) is 0 Å². The van der Waals surface area contributed by atoms with Crippen LogP contribution >= 0.6 is 11.6 Å². The van der Waals surface area contributed by atoms with Gasteiger partial charge in [0.25, 0.3) is 0 Å². The van der Waals surface area contributed by atoms with E-state index in [-0.39, 0.29) is 0 Å². The smallest absolute Gasteiger partial charge is 0.324 e. The first-order valence-electron chi connectivity index (χ1n) is 5.93. The maximum absolute atomic E-state index is 11.4. The van der Waals surface area contributed by atoms with Gasteiger partial charge >= 0.3 is 5.97 Å². The van der Waals surface area contributed by atoms with E-state index >= 15 is 0 Å². The Morgan fingerprint density at radius 3 is 2.78 bits per heavy atom. The van der Waals surface area contributed by atoms with Crippen LogP contribution in [0.4, 0.5) is 0 Å². The number of aliphatic carboxylic acids is 1. The Morgan fingerprint density at radius 1 is 1.44 bits per heavy atom. The number of hydrogen-bond donors (Lipinski definition) is 2. The summed E-state index contributed by atoms with van der Waals surface area (Å²) in [6, 6.07) is 7.42. The summed E-state index contributed by atoms with van der Waals surface area (Å²) in [6.07, 6.45) is 0.978. The van der Waals surface area contributed by atoms with Crippen LogP contribution in [-0.4, -0.2) is 29.8 Å². The SMILES string of the molecule is O=C(O)C1(NCc2cccc(Cl)c2)CCOCC1. The van der Waals surface area contributed by atoms with Crippen molar-refractivity contribution in [2.75, 3.05) is 13.2 Å². The topological polar surface area (TPSA) is 58.6 Å².